The quantitative estimate of drug-likeness (QED) is 0.467. The summed E-state index contributed by atoms with van der Waals surface area (Å²) in [5, 5.41) is 0. The van der Waals surface area contributed by atoms with Gasteiger partial charge in [-0.25, -0.2) is 0 Å². The Morgan fingerprint density at radius 3 is 2.33 bits per heavy atom. The first kappa shape index (κ1) is 11.1. The highest BCUT2D eigenvalue weighted by Crippen LogP contribution is 1.99. The number of esters is 1. The van der Waals surface area contributed by atoms with Gasteiger partial charge in [0.25, 0.3) is 0 Å². The molecule has 0 aromatic rings. The molecule has 3 heteroatoms. The molecule has 12 heavy (non-hydrogen) atoms. The second-order valence-corrected chi connectivity index (χ2v) is 3.28. The number of ether oxygens (including phenoxy) is 1. The molecule has 0 aromatic heterocycles. The van der Waals surface area contributed by atoms with E-state index in [2.05, 4.69) is 13.8 Å². The average Bonchev–Trinajstić information content (AvgIpc) is 1.84. The maximum absolute atomic E-state index is 10.8. The molecular weight excluding hydrogens is 156 g/mol. The zero-order valence-electron chi connectivity index (χ0n) is 7.92. The van der Waals surface area contributed by atoms with Crippen molar-refractivity contribution in [2.45, 2.75) is 33.6 Å². The highest BCUT2D eigenvalue weighted by atomic mass is 16.5. The molecule has 0 saturated heterocycles. The number of carbonyl (C=O) groups is 2. The second kappa shape index (κ2) is 5.75. The van der Waals surface area contributed by atoms with Crippen LogP contribution in [0.15, 0.2) is 0 Å². The number of carbonyl (C=O) groups excluding carboxylic acids is 2. The van der Waals surface area contributed by atoms with E-state index in [1.165, 1.54) is 6.92 Å². The van der Waals surface area contributed by atoms with Crippen molar-refractivity contribution in [2.75, 3.05) is 6.61 Å². The first-order valence-corrected chi connectivity index (χ1v) is 4.17. The summed E-state index contributed by atoms with van der Waals surface area (Å²) in [6.07, 6.45) is 0.752. The smallest absolute Gasteiger partial charge is 0.313 e. The van der Waals surface area contributed by atoms with Gasteiger partial charge in [-0.3, -0.25) is 9.59 Å². The predicted octanol–water partition coefficient (Wildman–Crippen LogP) is 1.55. The van der Waals surface area contributed by atoms with Gasteiger partial charge in [0.05, 0.1) is 6.61 Å². The van der Waals surface area contributed by atoms with Crippen molar-refractivity contribution < 1.29 is 14.3 Å². The summed E-state index contributed by atoms with van der Waals surface area (Å²) in [5.74, 6) is -0.0391. The normalized spacial score (nSPS) is 10.0. The van der Waals surface area contributed by atoms with Crippen molar-refractivity contribution in [2.24, 2.45) is 5.92 Å². The topological polar surface area (TPSA) is 43.4 Å². The van der Waals surface area contributed by atoms with Crippen LogP contribution in [-0.2, 0) is 14.3 Å². The predicted molar refractivity (Wildman–Crippen MR) is 45.7 cm³/mol. The molecule has 0 N–H and O–H groups in total. The Morgan fingerprint density at radius 2 is 1.92 bits per heavy atom. The Labute approximate surface area is 73.1 Å². The van der Waals surface area contributed by atoms with Crippen LogP contribution in [0.3, 0.4) is 0 Å². The maximum Gasteiger partial charge on any atom is 0.313 e. The Bertz CT molecular complexity index is 161. The van der Waals surface area contributed by atoms with Gasteiger partial charge in [0, 0.05) is 0 Å². The van der Waals surface area contributed by atoms with Crippen LogP contribution in [0.25, 0.3) is 0 Å². The summed E-state index contributed by atoms with van der Waals surface area (Å²) in [6, 6.07) is 0. The zero-order chi connectivity index (χ0) is 9.56. The largest absolute Gasteiger partial charge is 0.465 e. The third-order valence-corrected chi connectivity index (χ3v) is 1.35. The van der Waals surface area contributed by atoms with Gasteiger partial charge in [-0.15, -0.1) is 0 Å². The van der Waals surface area contributed by atoms with Crippen LogP contribution in [0.4, 0.5) is 0 Å². The second-order valence-electron chi connectivity index (χ2n) is 3.28. The van der Waals surface area contributed by atoms with Crippen LogP contribution in [0, 0.1) is 5.92 Å². The summed E-state index contributed by atoms with van der Waals surface area (Å²) < 4.78 is 4.80. The van der Waals surface area contributed by atoms with Gasteiger partial charge in [0.2, 0.25) is 0 Å². The molecule has 0 radical (unpaired) electrons. The highest BCUT2D eigenvalue weighted by molar-refractivity contribution is 5.94. The van der Waals surface area contributed by atoms with Crippen molar-refractivity contribution >= 4 is 11.8 Å². The summed E-state index contributed by atoms with van der Waals surface area (Å²) in [6.45, 7) is 5.91. The molecule has 0 aliphatic heterocycles. The molecule has 0 unspecified atom stereocenters. The van der Waals surface area contributed by atoms with Crippen LogP contribution in [-0.4, -0.2) is 18.4 Å². The molecule has 0 spiro atoms. The van der Waals surface area contributed by atoms with Crippen LogP contribution >= 0.6 is 0 Å². The fourth-order valence-corrected chi connectivity index (χ4v) is 0.663. The van der Waals surface area contributed by atoms with Crippen molar-refractivity contribution in [1.82, 2.24) is 0 Å². The lowest BCUT2D eigenvalue weighted by Crippen LogP contribution is -2.10. The molecule has 70 valence electrons. The third kappa shape index (κ3) is 7.25. The molecule has 0 aromatic carbocycles. The Kier molecular flexibility index (Phi) is 5.34. The molecular formula is C9H16O3. The minimum Gasteiger partial charge on any atom is -0.465 e. The lowest BCUT2D eigenvalue weighted by molar-refractivity contribution is -0.145. The standard InChI is InChI=1S/C9H16O3/c1-7(2)4-5-12-9(11)6-8(3)10/h7H,4-6H2,1-3H3. The van der Waals surface area contributed by atoms with E-state index in [1.54, 1.807) is 0 Å². The SMILES string of the molecule is CC(=O)CC(=O)OCCC(C)C. The Balaban J connectivity index is 3.38. The third-order valence-electron chi connectivity index (χ3n) is 1.35. The lowest BCUT2D eigenvalue weighted by atomic mass is 10.1. The molecule has 0 atom stereocenters. The van der Waals surface area contributed by atoms with Crippen molar-refractivity contribution in [3.05, 3.63) is 0 Å². The van der Waals surface area contributed by atoms with Crippen molar-refractivity contribution in [3.8, 4) is 0 Å². The van der Waals surface area contributed by atoms with Crippen LogP contribution in [0.5, 0.6) is 0 Å². The zero-order valence-corrected chi connectivity index (χ0v) is 7.92. The Morgan fingerprint density at radius 1 is 1.33 bits per heavy atom. The summed E-state index contributed by atoms with van der Waals surface area (Å²) in [5.41, 5.74) is 0. The van der Waals surface area contributed by atoms with E-state index in [0.717, 1.165) is 6.42 Å². The Hall–Kier alpha value is -0.860. The van der Waals surface area contributed by atoms with E-state index < -0.39 is 5.97 Å². The minimum atomic E-state index is -0.414. The van der Waals surface area contributed by atoms with Gasteiger partial charge >= 0.3 is 5.97 Å². The van der Waals surface area contributed by atoms with Crippen LogP contribution in [0.1, 0.15) is 33.6 Å². The minimum absolute atomic E-state index is 0.0991. The van der Waals surface area contributed by atoms with Gasteiger partial charge < -0.3 is 4.74 Å². The van der Waals surface area contributed by atoms with Gasteiger partial charge in [-0.05, 0) is 19.3 Å². The molecule has 0 fully saturated rings. The van der Waals surface area contributed by atoms with E-state index in [0.29, 0.717) is 12.5 Å². The van der Waals surface area contributed by atoms with Crippen LogP contribution in [0.2, 0.25) is 0 Å². The summed E-state index contributed by atoms with van der Waals surface area (Å²) in [7, 11) is 0. The van der Waals surface area contributed by atoms with Crippen molar-refractivity contribution in [1.29, 1.82) is 0 Å². The van der Waals surface area contributed by atoms with Gasteiger partial charge in [-0.1, -0.05) is 13.8 Å². The van der Waals surface area contributed by atoms with Crippen LogP contribution < -0.4 is 0 Å². The molecule has 0 aliphatic rings. The van der Waals surface area contributed by atoms with Gasteiger partial charge in [0.15, 0.2) is 0 Å². The average molecular weight is 172 g/mol. The fourth-order valence-electron chi connectivity index (χ4n) is 0.663. The number of hydrogen-bond acceptors (Lipinski definition) is 3. The van der Waals surface area contributed by atoms with Gasteiger partial charge in [-0.2, -0.15) is 0 Å². The summed E-state index contributed by atoms with van der Waals surface area (Å²) in [4.78, 5) is 21.2. The number of rotatable bonds is 5. The van der Waals surface area contributed by atoms with E-state index in [9.17, 15) is 9.59 Å². The van der Waals surface area contributed by atoms with E-state index in [1.807, 2.05) is 0 Å². The highest BCUT2D eigenvalue weighted by Gasteiger charge is 2.05. The van der Waals surface area contributed by atoms with Gasteiger partial charge in [0.1, 0.15) is 12.2 Å². The number of Topliss-reactive ketones (excluding diaryl/α,β-unsaturated/α-hetero) is 1. The lowest BCUT2D eigenvalue weighted by Gasteiger charge is -2.05. The number of hydrogen-bond donors (Lipinski definition) is 0. The fraction of sp³-hybridized carbons (Fsp3) is 0.778. The molecule has 0 amide bonds. The first-order valence-electron chi connectivity index (χ1n) is 4.17. The van der Waals surface area contributed by atoms with E-state index in [-0.39, 0.29) is 12.2 Å². The molecule has 0 aliphatic carbocycles. The van der Waals surface area contributed by atoms with E-state index >= 15 is 0 Å². The molecule has 0 bridgehead atoms. The monoisotopic (exact) mass is 172 g/mol. The molecule has 0 saturated carbocycles. The molecule has 3 nitrogen and oxygen atoms in total. The first-order chi connectivity index (χ1) is 5.52. The maximum atomic E-state index is 10.8. The number of ketones is 1. The van der Waals surface area contributed by atoms with E-state index in [4.69, 9.17) is 4.74 Å². The molecule has 0 rings (SSSR count). The summed E-state index contributed by atoms with van der Waals surface area (Å²) >= 11 is 0. The van der Waals surface area contributed by atoms with Crippen molar-refractivity contribution in [3.63, 3.8) is 0 Å². The molecule has 0 heterocycles.